The molecule has 6 nitrogen and oxygen atoms in total. The fraction of sp³-hybridized carbons (Fsp3) is 0.0667. The Morgan fingerprint density at radius 2 is 1.81 bits per heavy atom. The molecule has 0 spiro atoms. The third kappa shape index (κ3) is 2.06. The zero-order valence-electron chi connectivity index (χ0n) is 11.1. The maximum absolute atomic E-state index is 12.5. The van der Waals surface area contributed by atoms with Gasteiger partial charge >= 0.3 is 0 Å². The van der Waals surface area contributed by atoms with E-state index in [4.69, 9.17) is 0 Å². The number of phenolic OH excluding ortho intramolecular Hbond substituents is 3. The van der Waals surface area contributed by atoms with Crippen LogP contribution in [0.3, 0.4) is 0 Å². The van der Waals surface area contributed by atoms with Crippen molar-refractivity contribution in [1.82, 2.24) is 9.55 Å². The van der Waals surface area contributed by atoms with Gasteiger partial charge in [-0.15, -0.1) is 0 Å². The largest absolute Gasteiger partial charge is 0.508 e. The molecule has 1 aromatic heterocycles. The number of aromatic nitrogens is 2. The average molecular weight is 284 g/mol. The molecule has 21 heavy (non-hydrogen) atoms. The van der Waals surface area contributed by atoms with Crippen molar-refractivity contribution in [2.24, 2.45) is 0 Å². The van der Waals surface area contributed by atoms with Crippen LogP contribution in [0.2, 0.25) is 0 Å². The standard InChI is InChI=1S/C15H12N2O4/c1-8-4-9(2-3-12(8)19)17-7-16-11-5-10(18)6-13(20)14(11)15(17)21/h2-7,18-20H,1H3. The van der Waals surface area contributed by atoms with Crippen LogP contribution in [0.5, 0.6) is 17.2 Å². The second-order valence-corrected chi connectivity index (χ2v) is 4.75. The van der Waals surface area contributed by atoms with Crippen LogP contribution in [0.15, 0.2) is 41.5 Å². The van der Waals surface area contributed by atoms with Gasteiger partial charge in [0.25, 0.3) is 5.56 Å². The Balaban J connectivity index is 2.32. The molecule has 1 heterocycles. The van der Waals surface area contributed by atoms with Crippen molar-refractivity contribution in [3.05, 3.63) is 52.6 Å². The lowest BCUT2D eigenvalue weighted by Gasteiger charge is -2.09. The predicted molar refractivity (Wildman–Crippen MR) is 77.1 cm³/mol. The molecule has 3 rings (SSSR count). The summed E-state index contributed by atoms with van der Waals surface area (Å²) < 4.78 is 1.27. The summed E-state index contributed by atoms with van der Waals surface area (Å²) in [5.74, 6) is -0.356. The monoisotopic (exact) mass is 284 g/mol. The zero-order valence-corrected chi connectivity index (χ0v) is 11.1. The van der Waals surface area contributed by atoms with Crippen LogP contribution in [0.25, 0.3) is 16.6 Å². The predicted octanol–water partition coefficient (Wildman–Crippen LogP) is 1.81. The van der Waals surface area contributed by atoms with Gasteiger partial charge in [0.1, 0.15) is 29.0 Å². The number of hydrogen-bond donors (Lipinski definition) is 3. The Morgan fingerprint density at radius 1 is 1.05 bits per heavy atom. The van der Waals surface area contributed by atoms with E-state index >= 15 is 0 Å². The van der Waals surface area contributed by atoms with Crippen LogP contribution in [0.1, 0.15) is 5.56 Å². The molecule has 0 saturated heterocycles. The molecule has 2 aromatic carbocycles. The lowest BCUT2D eigenvalue weighted by atomic mass is 10.2. The smallest absolute Gasteiger partial charge is 0.269 e. The summed E-state index contributed by atoms with van der Waals surface area (Å²) in [5.41, 5.74) is 0.901. The van der Waals surface area contributed by atoms with Gasteiger partial charge in [0.15, 0.2) is 0 Å². The molecule has 3 aromatic rings. The SMILES string of the molecule is Cc1cc(-n2cnc3cc(O)cc(O)c3c2=O)ccc1O. The van der Waals surface area contributed by atoms with E-state index in [-0.39, 0.29) is 28.2 Å². The highest BCUT2D eigenvalue weighted by atomic mass is 16.3. The number of aryl methyl sites for hydroxylation is 1. The Bertz CT molecular complexity index is 915. The van der Waals surface area contributed by atoms with Crippen LogP contribution in [0, 0.1) is 6.92 Å². The fourth-order valence-electron chi connectivity index (χ4n) is 2.18. The summed E-state index contributed by atoms with van der Waals surface area (Å²) in [6, 6.07) is 7.11. The molecule has 0 aliphatic rings. The van der Waals surface area contributed by atoms with E-state index in [0.29, 0.717) is 11.3 Å². The fourth-order valence-corrected chi connectivity index (χ4v) is 2.18. The van der Waals surface area contributed by atoms with E-state index < -0.39 is 5.56 Å². The maximum atomic E-state index is 12.5. The van der Waals surface area contributed by atoms with Crippen molar-refractivity contribution in [1.29, 1.82) is 0 Å². The Kier molecular flexibility index (Phi) is 2.79. The molecule has 0 amide bonds. The molecular formula is C15H12N2O4. The Morgan fingerprint density at radius 3 is 2.52 bits per heavy atom. The van der Waals surface area contributed by atoms with Gasteiger partial charge in [-0.3, -0.25) is 9.36 Å². The molecule has 0 radical (unpaired) electrons. The van der Waals surface area contributed by atoms with Gasteiger partial charge in [0.05, 0.1) is 11.2 Å². The van der Waals surface area contributed by atoms with Crippen LogP contribution in [-0.4, -0.2) is 24.9 Å². The van der Waals surface area contributed by atoms with Crippen LogP contribution in [-0.2, 0) is 0 Å². The molecule has 6 heteroatoms. The molecular weight excluding hydrogens is 272 g/mol. The molecule has 0 aliphatic heterocycles. The van der Waals surface area contributed by atoms with Gasteiger partial charge in [-0.2, -0.15) is 0 Å². The van der Waals surface area contributed by atoms with E-state index in [2.05, 4.69) is 4.98 Å². The number of hydrogen-bond acceptors (Lipinski definition) is 5. The lowest BCUT2D eigenvalue weighted by Crippen LogP contribution is -2.19. The minimum atomic E-state index is -0.456. The van der Waals surface area contributed by atoms with E-state index in [0.717, 1.165) is 6.07 Å². The van der Waals surface area contributed by atoms with E-state index in [1.54, 1.807) is 19.1 Å². The first kappa shape index (κ1) is 13.0. The molecule has 0 unspecified atom stereocenters. The molecule has 0 aliphatic carbocycles. The van der Waals surface area contributed by atoms with Gasteiger partial charge in [-0.25, -0.2) is 4.98 Å². The normalized spacial score (nSPS) is 10.9. The minimum absolute atomic E-state index is 0.0287. The van der Waals surface area contributed by atoms with Gasteiger partial charge in [-0.05, 0) is 30.7 Å². The Labute approximate surface area is 119 Å². The van der Waals surface area contributed by atoms with Crippen LogP contribution < -0.4 is 5.56 Å². The van der Waals surface area contributed by atoms with Gasteiger partial charge in [0, 0.05) is 12.1 Å². The number of benzene rings is 2. The van der Waals surface area contributed by atoms with E-state index in [9.17, 15) is 20.1 Å². The third-order valence-corrected chi connectivity index (χ3v) is 3.28. The molecule has 0 saturated carbocycles. The quantitative estimate of drug-likeness (QED) is 0.633. The van der Waals surface area contributed by atoms with Crippen molar-refractivity contribution >= 4 is 10.9 Å². The van der Waals surface area contributed by atoms with Crippen molar-refractivity contribution in [3.63, 3.8) is 0 Å². The van der Waals surface area contributed by atoms with Crippen LogP contribution >= 0.6 is 0 Å². The third-order valence-electron chi connectivity index (χ3n) is 3.28. The molecule has 0 atom stereocenters. The minimum Gasteiger partial charge on any atom is -0.508 e. The summed E-state index contributed by atoms with van der Waals surface area (Å²) in [5, 5.41) is 28.8. The summed E-state index contributed by atoms with van der Waals surface area (Å²) in [6.45, 7) is 1.72. The molecule has 0 fully saturated rings. The highest BCUT2D eigenvalue weighted by Crippen LogP contribution is 2.26. The van der Waals surface area contributed by atoms with Gasteiger partial charge in [0.2, 0.25) is 0 Å². The number of nitrogens with zero attached hydrogens (tertiary/aromatic N) is 2. The first-order valence-corrected chi connectivity index (χ1v) is 6.20. The summed E-state index contributed by atoms with van der Waals surface area (Å²) >= 11 is 0. The molecule has 3 N–H and O–H groups in total. The Hall–Kier alpha value is -3.02. The first-order chi connectivity index (χ1) is 9.97. The number of fused-ring (bicyclic) bond motifs is 1. The lowest BCUT2D eigenvalue weighted by molar-refractivity contribution is 0.454. The number of rotatable bonds is 1. The average Bonchev–Trinajstić information content (AvgIpc) is 2.41. The molecule has 106 valence electrons. The van der Waals surface area contributed by atoms with Gasteiger partial charge in [-0.1, -0.05) is 0 Å². The van der Waals surface area contributed by atoms with E-state index in [1.807, 2.05) is 0 Å². The summed E-state index contributed by atoms with van der Waals surface area (Å²) in [6.07, 6.45) is 1.31. The van der Waals surface area contributed by atoms with Crippen molar-refractivity contribution in [2.75, 3.05) is 0 Å². The highest BCUT2D eigenvalue weighted by molar-refractivity contribution is 5.85. The summed E-state index contributed by atoms with van der Waals surface area (Å²) in [4.78, 5) is 16.5. The van der Waals surface area contributed by atoms with Gasteiger partial charge < -0.3 is 15.3 Å². The second kappa shape index (κ2) is 4.52. The topological polar surface area (TPSA) is 95.6 Å². The van der Waals surface area contributed by atoms with E-state index in [1.165, 1.54) is 23.0 Å². The number of aromatic hydroxyl groups is 3. The second-order valence-electron chi connectivity index (χ2n) is 4.75. The maximum Gasteiger partial charge on any atom is 0.269 e. The first-order valence-electron chi connectivity index (χ1n) is 6.20. The van der Waals surface area contributed by atoms with Crippen molar-refractivity contribution in [3.8, 4) is 22.9 Å². The summed E-state index contributed by atoms with van der Waals surface area (Å²) in [7, 11) is 0. The number of phenols is 3. The van der Waals surface area contributed by atoms with Crippen molar-refractivity contribution < 1.29 is 15.3 Å². The molecule has 0 bridgehead atoms. The highest BCUT2D eigenvalue weighted by Gasteiger charge is 2.12. The van der Waals surface area contributed by atoms with Crippen LogP contribution in [0.4, 0.5) is 0 Å². The zero-order chi connectivity index (χ0) is 15.1. The van der Waals surface area contributed by atoms with Crippen molar-refractivity contribution in [2.45, 2.75) is 6.92 Å².